The van der Waals surface area contributed by atoms with E-state index in [1.165, 1.54) is 5.56 Å². The summed E-state index contributed by atoms with van der Waals surface area (Å²) in [5.41, 5.74) is 9.90. The van der Waals surface area contributed by atoms with Crippen molar-refractivity contribution in [2.75, 3.05) is 17.6 Å². The van der Waals surface area contributed by atoms with Crippen LogP contribution in [0.25, 0.3) is 5.52 Å². The number of aryl methyl sites for hydroxylation is 2. The standard InChI is InChI=1S/C11H15N4/c1-4-13-11-10(12)9-6-5-7(2)8(3)15(9)14-11/h5-6H,1,4,12H2,2-3H3,(H,13,14). The highest BCUT2D eigenvalue weighted by Gasteiger charge is 2.10. The summed E-state index contributed by atoms with van der Waals surface area (Å²) in [7, 11) is 0. The minimum Gasteiger partial charge on any atom is -0.394 e. The first-order valence-corrected chi connectivity index (χ1v) is 4.92. The Labute approximate surface area is 89.1 Å². The summed E-state index contributed by atoms with van der Waals surface area (Å²) >= 11 is 0. The second-order valence-electron chi connectivity index (χ2n) is 3.59. The van der Waals surface area contributed by atoms with Crippen molar-refractivity contribution in [2.24, 2.45) is 0 Å². The molecular weight excluding hydrogens is 188 g/mol. The summed E-state index contributed by atoms with van der Waals surface area (Å²) < 4.78 is 1.86. The molecule has 4 nitrogen and oxygen atoms in total. The molecule has 1 radical (unpaired) electrons. The highest BCUT2D eigenvalue weighted by atomic mass is 15.3. The Morgan fingerprint density at radius 2 is 2.20 bits per heavy atom. The number of nitrogens with zero attached hydrogens (tertiary/aromatic N) is 2. The molecule has 0 unspecified atom stereocenters. The van der Waals surface area contributed by atoms with Gasteiger partial charge >= 0.3 is 0 Å². The number of hydrogen-bond acceptors (Lipinski definition) is 3. The Kier molecular flexibility index (Phi) is 2.26. The predicted octanol–water partition coefficient (Wildman–Crippen LogP) is 1.78. The van der Waals surface area contributed by atoms with Gasteiger partial charge in [-0.3, -0.25) is 0 Å². The van der Waals surface area contributed by atoms with Crippen LogP contribution in [0.5, 0.6) is 0 Å². The summed E-state index contributed by atoms with van der Waals surface area (Å²) in [6.07, 6.45) is 0. The van der Waals surface area contributed by atoms with Crippen LogP contribution >= 0.6 is 0 Å². The molecule has 0 fully saturated rings. The molecule has 15 heavy (non-hydrogen) atoms. The van der Waals surface area contributed by atoms with Crippen LogP contribution in [0.2, 0.25) is 0 Å². The molecule has 2 aromatic heterocycles. The van der Waals surface area contributed by atoms with Crippen molar-refractivity contribution in [3.05, 3.63) is 30.3 Å². The van der Waals surface area contributed by atoms with E-state index >= 15 is 0 Å². The van der Waals surface area contributed by atoms with Crippen molar-refractivity contribution in [1.82, 2.24) is 9.61 Å². The highest BCUT2D eigenvalue weighted by Crippen LogP contribution is 2.24. The fraction of sp³-hybridized carbons (Fsp3) is 0.273. The Balaban J connectivity index is 2.70. The first kappa shape index (κ1) is 9.83. The number of pyridine rings is 1. The molecule has 0 atom stereocenters. The largest absolute Gasteiger partial charge is 0.394 e. The maximum atomic E-state index is 5.97. The zero-order valence-electron chi connectivity index (χ0n) is 9.04. The molecule has 0 amide bonds. The second-order valence-corrected chi connectivity index (χ2v) is 3.59. The van der Waals surface area contributed by atoms with Crippen molar-refractivity contribution in [2.45, 2.75) is 13.8 Å². The summed E-state index contributed by atoms with van der Waals surface area (Å²) in [5.74, 6) is 0.707. The first-order valence-electron chi connectivity index (χ1n) is 4.92. The van der Waals surface area contributed by atoms with Crippen molar-refractivity contribution in [1.29, 1.82) is 0 Å². The van der Waals surface area contributed by atoms with E-state index < -0.39 is 0 Å². The SMILES string of the molecule is [CH2]CNc1nn2c(C)c(C)ccc2c1N. The molecule has 2 aromatic rings. The topological polar surface area (TPSA) is 55.4 Å². The monoisotopic (exact) mass is 203 g/mol. The van der Waals surface area contributed by atoms with Gasteiger partial charge in [-0.1, -0.05) is 6.07 Å². The van der Waals surface area contributed by atoms with Crippen LogP contribution in [0, 0.1) is 20.8 Å². The van der Waals surface area contributed by atoms with Gasteiger partial charge in [-0.05, 0) is 32.4 Å². The fourth-order valence-electron chi connectivity index (χ4n) is 1.60. The average Bonchev–Trinajstić information content (AvgIpc) is 2.52. The van der Waals surface area contributed by atoms with Gasteiger partial charge in [0.1, 0.15) is 5.69 Å². The van der Waals surface area contributed by atoms with E-state index in [9.17, 15) is 0 Å². The molecule has 0 bridgehead atoms. The number of nitrogens with one attached hydrogen (secondary N) is 1. The van der Waals surface area contributed by atoms with E-state index in [1.54, 1.807) is 0 Å². The summed E-state index contributed by atoms with van der Waals surface area (Å²) in [6.45, 7) is 8.38. The van der Waals surface area contributed by atoms with Gasteiger partial charge in [-0.15, -0.1) is 5.10 Å². The number of anilines is 2. The normalized spacial score (nSPS) is 10.9. The van der Waals surface area contributed by atoms with Crippen LogP contribution in [0.3, 0.4) is 0 Å². The van der Waals surface area contributed by atoms with Gasteiger partial charge in [0.25, 0.3) is 0 Å². The summed E-state index contributed by atoms with van der Waals surface area (Å²) in [6, 6.07) is 4.04. The minimum atomic E-state index is 0.576. The fourth-order valence-corrected chi connectivity index (χ4v) is 1.60. The third-order valence-corrected chi connectivity index (χ3v) is 2.63. The van der Waals surface area contributed by atoms with Gasteiger partial charge in [0.15, 0.2) is 5.82 Å². The Morgan fingerprint density at radius 1 is 1.47 bits per heavy atom. The van der Waals surface area contributed by atoms with E-state index in [0.717, 1.165) is 11.2 Å². The molecule has 2 heterocycles. The Bertz CT molecular complexity index is 499. The van der Waals surface area contributed by atoms with Gasteiger partial charge in [0, 0.05) is 12.2 Å². The van der Waals surface area contributed by atoms with Crippen LogP contribution in [0.4, 0.5) is 11.5 Å². The van der Waals surface area contributed by atoms with E-state index in [1.807, 2.05) is 17.5 Å². The first-order chi connectivity index (χ1) is 7.15. The van der Waals surface area contributed by atoms with Crippen LogP contribution in [0.1, 0.15) is 11.3 Å². The third-order valence-electron chi connectivity index (χ3n) is 2.63. The zero-order valence-corrected chi connectivity index (χ0v) is 9.04. The third kappa shape index (κ3) is 1.42. The van der Waals surface area contributed by atoms with Crippen LogP contribution in [-0.2, 0) is 0 Å². The van der Waals surface area contributed by atoms with E-state index in [4.69, 9.17) is 5.73 Å². The predicted molar refractivity (Wildman–Crippen MR) is 62.9 cm³/mol. The maximum Gasteiger partial charge on any atom is 0.172 e. The van der Waals surface area contributed by atoms with Crippen LogP contribution in [0.15, 0.2) is 12.1 Å². The molecule has 0 saturated carbocycles. The van der Waals surface area contributed by atoms with Gasteiger partial charge in [-0.25, -0.2) is 4.52 Å². The molecule has 3 N–H and O–H groups in total. The molecule has 0 aliphatic rings. The molecule has 0 aliphatic carbocycles. The minimum absolute atomic E-state index is 0.576. The molecule has 0 spiro atoms. The van der Waals surface area contributed by atoms with Gasteiger partial charge in [0.2, 0.25) is 0 Å². The molecular formula is C11H15N4. The van der Waals surface area contributed by atoms with Gasteiger partial charge < -0.3 is 11.1 Å². The lowest BCUT2D eigenvalue weighted by atomic mass is 10.2. The summed E-state index contributed by atoms with van der Waals surface area (Å²) in [4.78, 5) is 0. The van der Waals surface area contributed by atoms with Gasteiger partial charge in [-0.2, -0.15) is 0 Å². The maximum absolute atomic E-state index is 5.97. The number of hydrogen-bond donors (Lipinski definition) is 2. The molecule has 0 aliphatic heterocycles. The van der Waals surface area contributed by atoms with Gasteiger partial charge in [0.05, 0.1) is 5.52 Å². The number of aromatic nitrogens is 2. The Hall–Kier alpha value is -1.71. The van der Waals surface area contributed by atoms with Crippen LogP contribution in [-0.4, -0.2) is 16.2 Å². The lowest BCUT2D eigenvalue weighted by Crippen LogP contribution is -2.00. The number of nitrogens with two attached hydrogens (primary N) is 1. The quantitative estimate of drug-likeness (QED) is 0.782. The van der Waals surface area contributed by atoms with E-state index in [-0.39, 0.29) is 0 Å². The molecule has 2 rings (SSSR count). The highest BCUT2D eigenvalue weighted by molar-refractivity contribution is 5.81. The Morgan fingerprint density at radius 3 is 2.87 bits per heavy atom. The average molecular weight is 203 g/mol. The lowest BCUT2D eigenvalue weighted by molar-refractivity contribution is 0.902. The van der Waals surface area contributed by atoms with Crippen molar-refractivity contribution in [3.8, 4) is 0 Å². The van der Waals surface area contributed by atoms with Crippen molar-refractivity contribution < 1.29 is 0 Å². The van der Waals surface area contributed by atoms with Crippen molar-refractivity contribution in [3.63, 3.8) is 0 Å². The lowest BCUT2D eigenvalue weighted by Gasteiger charge is -2.01. The van der Waals surface area contributed by atoms with Crippen LogP contribution < -0.4 is 11.1 Å². The second kappa shape index (κ2) is 3.46. The molecule has 0 saturated heterocycles. The summed E-state index contributed by atoms with van der Waals surface area (Å²) in [5, 5.41) is 7.45. The van der Waals surface area contributed by atoms with E-state index in [0.29, 0.717) is 18.1 Å². The number of fused-ring (bicyclic) bond motifs is 1. The molecule has 79 valence electrons. The molecule has 0 aromatic carbocycles. The van der Waals surface area contributed by atoms with E-state index in [2.05, 4.69) is 30.3 Å². The molecule has 4 heteroatoms. The number of rotatable bonds is 2. The number of nitrogen functional groups attached to an aromatic ring is 1. The smallest absolute Gasteiger partial charge is 0.172 e. The zero-order chi connectivity index (χ0) is 11.0. The van der Waals surface area contributed by atoms with Crippen molar-refractivity contribution >= 4 is 17.0 Å².